The summed E-state index contributed by atoms with van der Waals surface area (Å²) in [6.45, 7) is 1.75. The van der Waals surface area contributed by atoms with E-state index in [1.165, 1.54) is 0 Å². The molecule has 0 saturated heterocycles. The summed E-state index contributed by atoms with van der Waals surface area (Å²) in [6.07, 6.45) is 0.162. The van der Waals surface area contributed by atoms with E-state index in [1.807, 2.05) is 0 Å². The van der Waals surface area contributed by atoms with Crippen molar-refractivity contribution < 1.29 is 9.90 Å². The molecule has 1 aromatic carbocycles. The number of nitrogens with one attached hydrogen (secondary N) is 1. The van der Waals surface area contributed by atoms with Gasteiger partial charge in [0.25, 0.3) is 0 Å². The first-order valence-electron chi connectivity index (χ1n) is 5.52. The number of hydrogen-bond acceptors (Lipinski definition) is 2. The van der Waals surface area contributed by atoms with Gasteiger partial charge in [-0.2, -0.15) is 0 Å². The molecule has 94 valence electrons. The fraction of sp³-hybridized carbons (Fsp3) is 0.231. The first-order valence-corrected chi connectivity index (χ1v) is 5.90. The average Bonchev–Trinajstić information content (AvgIpc) is 2.30. The molecule has 4 nitrogen and oxygen atoms in total. The summed E-state index contributed by atoms with van der Waals surface area (Å²) >= 11 is 6.02. The van der Waals surface area contributed by atoms with Crippen molar-refractivity contribution >= 4 is 28.5 Å². The zero-order chi connectivity index (χ0) is 13.3. The molecule has 2 rings (SSSR count). The SMILES string of the molecule is Cc1[nH]c2c(Cl)cccc2c(=O)c1CCC(=O)O. The third-order valence-corrected chi connectivity index (χ3v) is 3.20. The van der Waals surface area contributed by atoms with Gasteiger partial charge in [-0.3, -0.25) is 9.59 Å². The van der Waals surface area contributed by atoms with Crippen molar-refractivity contribution in [3.63, 3.8) is 0 Å². The molecule has 0 saturated carbocycles. The van der Waals surface area contributed by atoms with Gasteiger partial charge in [-0.15, -0.1) is 0 Å². The van der Waals surface area contributed by atoms with Crippen LogP contribution in [-0.4, -0.2) is 16.1 Å². The Kier molecular flexibility index (Phi) is 3.39. The highest BCUT2D eigenvalue weighted by molar-refractivity contribution is 6.35. The molecule has 0 bridgehead atoms. The predicted octanol–water partition coefficient (Wildman–Crippen LogP) is 2.51. The lowest BCUT2D eigenvalue weighted by Crippen LogP contribution is -2.15. The lowest BCUT2D eigenvalue weighted by atomic mass is 10.0. The number of aromatic nitrogens is 1. The largest absolute Gasteiger partial charge is 0.481 e. The highest BCUT2D eigenvalue weighted by Gasteiger charge is 2.12. The number of fused-ring (bicyclic) bond motifs is 1. The van der Waals surface area contributed by atoms with Crippen LogP contribution < -0.4 is 5.43 Å². The summed E-state index contributed by atoms with van der Waals surface area (Å²) < 4.78 is 0. The molecule has 0 amide bonds. The quantitative estimate of drug-likeness (QED) is 0.896. The minimum absolute atomic E-state index is 0.0595. The highest BCUT2D eigenvalue weighted by atomic mass is 35.5. The molecule has 1 aromatic heterocycles. The van der Waals surface area contributed by atoms with Crippen molar-refractivity contribution in [3.05, 3.63) is 44.7 Å². The van der Waals surface area contributed by atoms with Gasteiger partial charge < -0.3 is 10.1 Å². The second-order valence-electron chi connectivity index (χ2n) is 4.11. The summed E-state index contributed by atoms with van der Waals surface area (Å²) in [5, 5.41) is 9.66. The maximum atomic E-state index is 12.2. The van der Waals surface area contributed by atoms with Crippen LogP contribution in [0.25, 0.3) is 10.9 Å². The van der Waals surface area contributed by atoms with Crippen molar-refractivity contribution in [2.45, 2.75) is 19.8 Å². The van der Waals surface area contributed by atoms with Crippen molar-refractivity contribution in [1.29, 1.82) is 0 Å². The Bertz CT molecular complexity index is 676. The molecule has 0 aliphatic heterocycles. The minimum Gasteiger partial charge on any atom is -0.481 e. The Morgan fingerprint density at radius 2 is 2.17 bits per heavy atom. The van der Waals surface area contributed by atoms with Gasteiger partial charge in [0.05, 0.1) is 10.5 Å². The fourth-order valence-corrected chi connectivity index (χ4v) is 2.19. The van der Waals surface area contributed by atoms with Crippen LogP contribution in [0.4, 0.5) is 0 Å². The zero-order valence-electron chi connectivity index (χ0n) is 9.79. The number of para-hydroxylation sites is 1. The molecular formula is C13H12ClNO3. The summed E-state index contributed by atoms with van der Waals surface area (Å²) in [4.78, 5) is 25.9. The van der Waals surface area contributed by atoms with E-state index in [9.17, 15) is 9.59 Å². The molecule has 18 heavy (non-hydrogen) atoms. The second-order valence-corrected chi connectivity index (χ2v) is 4.52. The lowest BCUT2D eigenvalue weighted by molar-refractivity contribution is -0.136. The van der Waals surface area contributed by atoms with Gasteiger partial charge in [0.2, 0.25) is 0 Å². The van der Waals surface area contributed by atoms with Crippen LogP contribution in [0.3, 0.4) is 0 Å². The number of rotatable bonds is 3. The Labute approximate surface area is 108 Å². The number of aromatic amines is 1. The van der Waals surface area contributed by atoms with Crippen LogP contribution >= 0.6 is 11.6 Å². The van der Waals surface area contributed by atoms with Gasteiger partial charge in [0.1, 0.15) is 0 Å². The van der Waals surface area contributed by atoms with Crippen LogP contribution in [0.5, 0.6) is 0 Å². The van der Waals surface area contributed by atoms with E-state index in [0.717, 1.165) is 0 Å². The lowest BCUT2D eigenvalue weighted by Gasteiger charge is -2.08. The monoisotopic (exact) mass is 265 g/mol. The highest BCUT2D eigenvalue weighted by Crippen LogP contribution is 2.20. The van der Waals surface area contributed by atoms with Gasteiger partial charge in [-0.05, 0) is 25.5 Å². The van der Waals surface area contributed by atoms with Crippen molar-refractivity contribution in [2.75, 3.05) is 0 Å². The molecule has 1 heterocycles. The average molecular weight is 266 g/mol. The van der Waals surface area contributed by atoms with E-state index in [4.69, 9.17) is 16.7 Å². The molecule has 0 atom stereocenters. The Morgan fingerprint density at radius 1 is 1.44 bits per heavy atom. The number of H-pyrrole nitrogens is 1. The van der Waals surface area contributed by atoms with E-state index in [0.29, 0.717) is 27.2 Å². The number of hydrogen-bond donors (Lipinski definition) is 2. The second kappa shape index (κ2) is 4.82. The maximum absolute atomic E-state index is 12.2. The molecule has 0 aliphatic carbocycles. The molecule has 0 aliphatic rings. The van der Waals surface area contributed by atoms with Crippen LogP contribution in [0.15, 0.2) is 23.0 Å². The van der Waals surface area contributed by atoms with Crippen molar-refractivity contribution in [2.24, 2.45) is 0 Å². The molecular weight excluding hydrogens is 254 g/mol. The van der Waals surface area contributed by atoms with E-state index in [2.05, 4.69) is 4.98 Å². The van der Waals surface area contributed by atoms with E-state index < -0.39 is 5.97 Å². The third kappa shape index (κ3) is 2.24. The fourth-order valence-electron chi connectivity index (χ4n) is 1.97. The number of halogens is 1. The number of benzene rings is 1. The number of carbonyl (C=O) groups is 1. The van der Waals surface area contributed by atoms with Gasteiger partial charge >= 0.3 is 5.97 Å². The first kappa shape index (κ1) is 12.6. The Hall–Kier alpha value is -1.81. The van der Waals surface area contributed by atoms with Crippen LogP contribution in [0.1, 0.15) is 17.7 Å². The van der Waals surface area contributed by atoms with Gasteiger partial charge in [-0.25, -0.2) is 0 Å². The van der Waals surface area contributed by atoms with Gasteiger partial charge in [0, 0.05) is 23.1 Å². The standard InChI is InChI=1S/C13H12ClNO3/c1-7-8(5-6-11(16)17)13(18)9-3-2-4-10(14)12(9)15-7/h2-4H,5-6H2,1H3,(H,15,18)(H,16,17). The normalized spacial score (nSPS) is 10.8. The van der Waals surface area contributed by atoms with Crippen molar-refractivity contribution in [1.82, 2.24) is 4.98 Å². The molecule has 0 spiro atoms. The van der Waals surface area contributed by atoms with Crippen LogP contribution in [-0.2, 0) is 11.2 Å². The molecule has 2 N–H and O–H groups in total. The van der Waals surface area contributed by atoms with Gasteiger partial charge in [0.15, 0.2) is 5.43 Å². The van der Waals surface area contributed by atoms with Crippen LogP contribution in [0, 0.1) is 6.92 Å². The van der Waals surface area contributed by atoms with E-state index in [1.54, 1.807) is 25.1 Å². The first-order chi connectivity index (χ1) is 8.50. The summed E-state index contributed by atoms with van der Waals surface area (Å²) in [7, 11) is 0. The zero-order valence-corrected chi connectivity index (χ0v) is 10.5. The molecule has 5 heteroatoms. The summed E-state index contributed by atoms with van der Waals surface area (Å²) in [6, 6.07) is 5.09. The van der Waals surface area contributed by atoms with Crippen LogP contribution in [0.2, 0.25) is 5.02 Å². The smallest absolute Gasteiger partial charge is 0.303 e. The predicted molar refractivity (Wildman–Crippen MR) is 70.3 cm³/mol. The Balaban J connectivity index is 2.62. The van der Waals surface area contributed by atoms with E-state index >= 15 is 0 Å². The molecule has 0 unspecified atom stereocenters. The topological polar surface area (TPSA) is 70.2 Å². The van der Waals surface area contributed by atoms with E-state index in [-0.39, 0.29) is 18.3 Å². The molecule has 0 radical (unpaired) electrons. The Morgan fingerprint density at radius 3 is 2.83 bits per heavy atom. The third-order valence-electron chi connectivity index (χ3n) is 2.89. The summed E-state index contributed by atoms with van der Waals surface area (Å²) in [5.74, 6) is -0.917. The maximum Gasteiger partial charge on any atom is 0.303 e. The van der Waals surface area contributed by atoms with Crippen molar-refractivity contribution in [3.8, 4) is 0 Å². The number of carboxylic acids is 1. The molecule has 2 aromatic rings. The number of aryl methyl sites for hydroxylation is 1. The number of carboxylic acid groups (broad SMARTS) is 1. The summed E-state index contributed by atoms with van der Waals surface area (Å²) in [5.41, 5.74) is 1.62. The number of aliphatic carboxylic acids is 1. The van der Waals surface area contributed by atoms with Gasteiger partial charge in [-0.1, -0.05) is 17.7 Å². The molecule has 0 fully saturated rings. The number of pyridine rings is 1. The minimum atomic E-state index is -0.917.